The molecule has 2 aromatic carbocycles. The van der Waals surface area contributed by atoms with Gasteiger partial charge in [0.2, 0.25) is 0 Å². The van der Waals surface area contributed by atoms with Gasteiger partial charge in [-0.25, -0.2) is 0 Å². The van der Waals surface area contributed by atoms with Crippen LogP contribution >= 0.6 is 0 Å². The van der Waals surface area contributed by atoms with Crippen LogP contribution in [0.2, 0.25) is 0 Å². The molecule has 2 N–H and O–H groups in total. The van der Waals surface area contributed by atoms with Crippen molar-refractivity contribution in [1.29, 1.82) is 0 Å². The topological polar surface area (TPSA) is 37.0 Å². The van der Waals surface area contributed by atoms with Crippen molar-refractivity contribution >= 4 is 16.6 Å². The van der Waals surface area contributed by atoms with Gasteiger partial charge in [0.05, 0.1) is 12.8 Å². The number of ether oxygens (including phenoxy) is 1. The van der Waals surface area contributed by atoms with E-state index in [0.29, 0.717) is 0 Å². The number of anilines is 1. The molecule has 3 rings (SSSR count). The molecule has 3 nitrogen and oxygen atoms in total. The van der Waals surface area contributed by atoms with Gasteiger partial charge in [0.1, 0.15) is 5.75 Å². The molecule has 0 amide bonds. The van der Waals surface area contributed by atoms with E-state index < -0.39 is 0 Å². The molecule has 1 heterocycles. The van der Waals surface area contributed by atoms with E-state index >= 15 is 0 Å². The summed E-state index contributed by atoms with van der Waals surface area (Å²) >= 11 is 0. The van der Waals surface area contributed by atoms with E-state index in [0.717, 1.165) is 18.0 Å². The normalized spacial score (nSPS) is 10.7. The number of hydrogen-bond acceptors (Lipinski definition) is 2. The molecule has 1 aromatic heterocycles. The summed E-state index contributed by atoms with van der Waals surface area (Å²) in [6.45, 7) is 2.83. The lowest BCUT2D eigenvalue weighted by molar-refractivity contribution is 0.416. The van der Waals surface area contributed by atoms with E-state index in [1.807, 2.05) is 12.1 Å². The van der Waals surface area contributed by atoms with E-state index in [2.05, 4.69) is 53.8 Å². The Kier molecular flexibility index (Phi) is 3.33. The standard InChI is InChI=1S/C17H18N2O/c1-12-7-8-16(17(9-12)20-2)19-11-13-10-18-15-6-4-3-5-14(13)15/h3-10,18-19H,11H2,1-2H3. The van der Waals surface area contributed by atoms with Crippen LogP contribution in [-0.2, 0) is 6.54 Å². The van der Waals surface area contributed by atoms with Crippen LogP contribution in [0.15, 0.2) is 48.7 Å². The molecule has 102 valence electrons. The number of aryl methyl sites for hydroxylation is 1. The van der Waals surface area contributed by atoms with Gasteiger partial charge in [0.15, 0.2) is 0 Å². The monoisotopic (exact) mass is 266 g/mol. The SMILES string of the molecule is COc1cc(C)ccc1NCc1c[nH]c2ccccc12. The Balaban J connectivity index is 1.83. The van der Waals surface area contributed by atoms with Crippen molar-refractivity contribution in [3.8, 4) is 5.75 Å². The zero-order valence-corrected chi connectivity index (χ0v) is 11.7. The summed E-state index contributed by atoms with van der Waals surface area (Å²) < 4.78 is 5.41. The highest BCUT2D eigenvalue weighted by Gasteiger charge is 2.05. The maximum atomic E-state index is 5.41. The maximum Gasteiger partial charge on any atom is 0.142 e. The van der Waals surface area contributed by atoms with Crippen LogP contribution in [0.3, 0.4) is 0 Å². The fourth-order valence-electron chi connectivity index (χ4n) is 2.41. The summed E-state index contributed by atoms with van der Waals surface area (Å²) in [4.78, 5) is 3.29. The maximum absolute atomic E-state index is 5.41. The lowest BCUT2D eigenvalue weighted by Gasteiger charge is -2.11. The Labute approximate surface area is 118 Å². The van der Waals surface area contributed by atoms with Crippen LogP contribution < -0.4 is 10.1 Å². The Bertz CT molecular complexity index is 731. The number of para-hydroxylation sites is 1. The number of fused-ring (bicyclic) bond motifs is 1. The van der Waals surface area contributed by atoms with E-state index in [4.69, 9.17) is 4.74 Å². The molecule has 0 spiro atoms. The Morgan fingerprint density at radius 3 is 2.85 bits per heavy atom. The van der Waals surface area contributed by atoms with E-state index in [1.165, 1.54) is 22.0 Å². The van der Waals surface area contributed by atoms with E-state index in [1.54, 1.807) is 7.11 Å². The van der Waals surface area contributed by atoms with Crippen LogP contribution in [0.4, 0.5) is 5.69 Å². The highest BCUT2D eigenvalue weighted by molar-refractivity contribution is 5.83. The second kappa shape index (κ2) is 5.29. The molecule has 0 aliphatic heterocycles. The molecule has 3 aromatic rings. The number of nitrogens with one attached hydrogen (secondary N) is 2. The van der Waals surface area contributed by atoms with Crippen molar-refractivity contribution < 1.29 is 4.74 Å². The molecular formula is C17H18N2O. The average molecular weight is 266 g/mol. The minimum Gasteiger partial charge on any atom is -0.495 e. The molecular weight excluding hydrogens is 248 g/mol. The van der Waals surface area contributed by atoms with Gasteiger partial charge in [0.25, 0.3) is 0 Å². The fourth-order valence-corrected chi connectivity index (χ4v) is 2.41. The Hall–Kier alpha value is -2.42. The minimum absolute atomic E-state index is 0.767. The summed E-state index contributed by atoms with van der Waals surface area (Å²) in [5.74, 6) is 0.879. The molecule has 0 saturated heterocycles. The van der Waals surface area contributed by atoms with Crippen molar-refractivity contribution in [3.05, 3.63) is 59.8 Å². The minimum atomic E-state index is 0.767. The second-order valence-electron chi connectivity index (χ2n) is 4.92. The van der Waals surface area contributed by atoms with E-state index in [-0.39, 0.29) is 0 Å². The largest absolute Gasteiger partial charge is 0.495 e. The highest BCUT2D eigenvalue weighted by atomic mass is 16.5. The molecule has 0 atom stereocenters. The molecule has 0 fully saturated rings. The van der Waals surface area contributed by atoms with Crippen molar-refractivity contribution in [2.24, 2.45) is 0 Å². The van der Waals surface area contributed by atoms with Crippen molar-refractivity contribution in [3.63, 3.8) is 0 Å². The third-order valence-electron chi connectivity index (χ3n) is 3.50. The van der Waals surface area contributed by atoms with Crippen molar-refractivity contribution in [1.82, 2.24) is 4.98 Å². The zero-order valence-electron chi connectivity index (χ0n) is 11.7. The highest BCUT2D eigenvalue weighted by Crippen LogP contribution is 2.26. The molecule has 0 aliphatic rings. The first-order valence-electron chi connectivity index (χ1n) is 6.71. The predicted molar refractivity (Wildman–Crippen MR) is 83.4 cm³/mol. The summed E-state index contributed by atoms with van der Waals surface area (Å²) in [5.41, 5.74) is 4.63. The summed E-state index contributed by atoms with van der Waals surface area (Å²) in [6.07, 6.45) is 2.05. The number of H-pyrrole nitrogens is 1. The van der Waals surface area contributed by atoms with Crippen LogP contribution in [0.1, 0.15) is 11.1 Å². The number of methoxy groups -OCH3 is 1. The van der Waals surface area contributed by atoms with Gasteiger partial charge in [-0.15, -0.1) is 0 Å². The molecule has 0 unspecified atom stereocenters. The van der Waals surface area contributed by atoms with Gasteiger partial charge in [-0.05, 0) is 36.2 Å². The fraction of sp³-hybridized carbons (Fsp3) is 0.176. The first-order chi connectivity index (χ1) is 9.78. The van der Waals surface area contributed by atoms with Crippen LogP contribution in [0.5, 0.6) is 5.75 Å². The lowest BCUT2D eigenvalue weighted by atomic mass is 10.1. The molecule has 0 radical (unpaired) electrons. The first kappa shape index (κ1) is 12.6. The van der Waals surface area contributed by atoms with Crippen LogP contribution in [-0.4, -0.2) is 12.1 Å². The van der Waals surface area contributed by atoms with Crippen molar-refractivity contribution in [2.75, 3.05) is 12.4 Å². The number of aromatic amines is 1. The van der Waals surface area contributed by atoms with Gasteiger partial charge in [-0.2, -0.15) is 0 Å². The molecule has 0 bridgehead atoms. The number of hydrogen-bond donors (Lipinski definition) is 2. The van der Waals surface area contributed by atoms with Crippen molar-refractivity contribution in [2.45, 2.75) is 13.5 Å². The molecule has 20 heavy (non-hydrogen) atoms. The summed E-state index contributed by atoms with van der Waals surface area (Å²) in [5, 5.41) is 4.70. The van der Waals surface area contributed by atoms with Crippen LogP contribution in [0.25, 0.3) is 10.9 Å². The second-order valence-corrected chi connectivity index (χ2v) is 4.92. The van der Waals surface area contributed by atoms with Gasteiger partial charge in [-0.3, -0.25) is 0 Å². The lowest BCUT2D eigenvalue weighted by Crippen LogP contribution is -2.01. The predicted octanol–water partition coefficient (Wildman–Crippen LogP) is 4.10. The van der Waals surface area contributed by atoms with Gasteiger partial charge >= 0.3 is 0 Å². The number of aromatic nitrogens is 1. The first-order valence-corrected chi connectivity index (χ1v) is 6.71. The molecule has 0 aliphatic carbocycles. The third-order valence-corrected chi connectivity index (χ3v) is 3.50. The molecule has 0 saturated carbocycles. The van der Waals surface area contributed by atoms with Gasteiger partial charge in [-0.1, -0.05) is 24.3 Å². The van der Waals surface area contributed by atoms with Gasteiger partial charge in [0, 0.05) is 23.6 Å². The molecule has 3 heteroatoms. The summed E-state index contributed by atoms with van der Waals surface area (Å²) in [7, 11) is 1.70. The Morgan fingerprint density at radius 2 is 2.00 bits per heavy atom. The smallest absolute Gasteiger partial charge is 0.142 e. The third kappa shape index (κ3) is 2.35. The quantitative estimate of drug-likeness (QED) is 0.746. The zero-order chi connectivity index (χ0) is 13.9. The van der Waals surface area contributed by atoms with Crippen LogP contribution in [0, 0.1) is 6.92 Å². The van der Waals surface area contributed by atoms with E-state index in [9.17, 15) is 0 Å². The summed E-state index contributed by atoms with van der Waals surface area (Å²) in [6, 6.07) is 14.5. The average Bonchev–Trinajstić information content (AvgIpc) is 2.89. The van der Waals surface area contributed by atoms with Gasteiger partial charge < -0.3 is 15.0 Å². The Morgan fingerprint density at radius 1 is 1.15 bits per heavy atom. The number of rotatable bonds is 4. The number of benzene rings is 2.